The van der Waals surface area contributed by atoms with Crippen molar-refractivity contribution in [2.75, 3.05) is 37.8 Å². The van der Waals surface area contributed by atoms with E-state index in [1.54, 1.807) is 54.5 Å². The van der Waals surface area contributed by atoms with E-state index in [9.17, 15) is 9.59 Å². The summed E-state index contributed by atoms with van der Waals surface area (Å²) in [5.74, 6) is 0.826. The monoisotopic (exact) mass is 457 g/mol. The molecule has 11 heteroatoms. The van der Waals surface area contributed by atoms with Gasteiger partial charge in [-0.25, -0.2) is 4.98 Å². The second-order valence-electron chi connectivity index (χ2n) is 6.76. The zero-order chi connectivity index (χ0) is 22.9. The van der Waals surface area contributed by atoms with Crippen molar-refractivity contribution < 1.29 is 14.3 Å². The Balaban J connectivity index is 1.52. The van der Waals surface area contributed by atoms with E-state index in [4.69, 9.17) is 22.1 Å². The summed E-state index contributed by atoms with van der Waals surface area (Å²) < 4.78 is 7.13. The number of ether oxygens (including phenoxy) is 1. The summed E-state index contributed by atoms with van der Waals surface area (Å²) in [4.78, 5) is 28.0. The molecule has 32 heavy (non-hydrogen) atoms. The molecule has 0 radical (unpaired) electrons. The third kappa shape index (κ3) is 6.61. The van der Waals surface area contributed by atoms with Gasteiger partial charge in [0.15, 0.2) is 5.82 Å². The lowest BCUT2D eigenvalue weighted by molar-refractivity contribution is -0.118. The molecule has 0 unspecified atom stereocenters. The fourth-order valence-corrected chi connectivity index (χ4v) is 2.97. The Bertz CT molecular complexity index is 1090. The van der Waals surface area contributed by atoms with Crippen molar-refractivity contribution in [3.8, 4) is 5.75 Å². The molecule has 0 spiro atoms. The number of pyridine rings is 1. The molecule has 0 saturated carbocycles. The Morgan fingerprint density at radius 2 is 2.09 bits per heavy atom. The van der Waals surface area contributed by atoms with E-state index in [1.807, 2.05) is 6.07 Å². The number of halogens is 1. The molecule has 10 nitrogen and oxygen atoms in total. The highest BCUT2D eigenvalue weighted by atomic mass is 35.5. The first-order valence-electron chi connectivity index (χ1n) is 9.83. The molecule has 0 saturated heterocycles. The quantitative estimate of drug-likeness (QED) is 0.339. The SMILES string of the molecule is CNC(=O)CNc1cc(Cn2cc(C(=O)NCCOc3cccc(Cl)c3)c(N)n2)ccn1. The Labute approximate surface area is 190 Å². The predicted molar refractivity (Wildman–Crippen MR) is 122 cm³/mol. The molecule has 2 amide bonds. The number of hydrogen-bond donors (Lipinski definition) is 4. The summed E-state index contributed by atoms with van der Waals surface area (Å²) in [6, 6.07) is 10.6. The molecule has 0 fully saturated rings. The third-order valence-electron chi connectivity index (χ3n) is 4.37. The van der Waals surface area contributed by atoms with Gasteiger partial charge in [-0.2, -0.15) is 5.10 Å². The Morgan fingerprint density at radius 3 is 2.88 bits per heavy atom. The number of nitrogens with one attached hydrogen (secondary N) is 3. The van der Waals surface area contributed by atoms with Crippen LogP contribution < -0.4 is 26.4 Å². The van der Waals surface area contributed by atoms with Gasteiger partial charge in [0.05, 0.1) is 19.6 Å². The first-order valence-corrected chi connectivity index (χ1v) is 10.2. The first kappa shape index (κ1) is 22.9. The molecule has 0 aliphatic rings. The van der Waals surface area contributed by atoms with Gasteiger partial charge < -0.3 is 26.4 Å². The number of likely N-dealkylation sites (N-methyl/N-ethyl adjacent to an activating group) is 1. The lowest BCUT2D eigenvalue weighted by Gasteiger charge is -2.07. The number of carbonyl (C=O) groups excluding carboxylic acids is 2. The van der Waals surface area contributed by atoms with Crippen LogP contribution in [0.15, 0.2) is 48.8 Å². The molecule has 2 heterocycles. The maximum atomic E-state index is 12.4. The number of hydrogen-bond acceptors (Lipinski definition) is 7. The van der Waals surface area contributed by atoms with Crippen molar-refractivity contribution in [1.29, 1.82) is 0 Å². The van der Waals surface area contributed by atoms with Crippen molar-refractivity contribution in [3.63, 3.8) is 0 Å². The van der Waals surface area contributed by atoms with E-state index in [0.29, 0.717) is 29.7 Å². The van der Waals surface area contributed by atoms with Crippen LogP contribution in [0.4, 0.5) is 11.6 Å². The lowest BCUT2D eigenvalue weighted by atomic mass is 10.2. The highest BCUT2D eigenvalue weighted by molar-refractivity contribution is 6.30. The van der Waals surface area contributed by atoms with Crippen LogP contribution in [0.2, 0.25) is 5.02 Å². The molecule has 3 rings (SSSR count). The summed E-state index contributed by atoms with van der Waals surface area (Å²) >= 11 is 5.91. The molecule has 0 aliphatic carbocycles. The van der Waals surface area contributed by atoms with Gasteiger partial charge >= 0.3 is 0 Å². The van der Waals surface area contributed by atoms with Crippen LogP contribution in [0.3, 0.4) is 0 Å². The number of nitrogens with zero attached hydrogens (tertiary/aromatic N) is 3. The molecule has 168 valence electrons. The van der Waals surface area contributed by atoms with Crippen LogP contribution in [-0.4, -0.2) is 53.3 Å². The van der Waals surface area contributed by atoms with E-state index in [1.165, 1.54) is 0 Å². The fraction of sp³-hybridized carbons (Fsp3) is 0.238. The molecule has 2 aromatic heterocycles. The van der Waals surface area contributed by atoms with Crippen molar-refractivity contribution in [1.82, 2.24) is 25.4 Å². The van der Waals surface area contributed by atoms with Crippen LogP contribution in [0, 0.1) is 0 Å². The van der Waals surface area contributed by atoms with Gasteiger partial charge in [0.25, 0.3) is 5.91 Å². The van der Waals surface area contributed by atoms with Crippen LogP contribution >= 0.6 is 11.6 Å². The number of rotatable bonds is 10. The number of nitrogen functional groups attached to an aromatic ring is 1. The van der Waals surface area contributed by atoms with Crippen LogP contribution in [0.25, 0.3) is 0 Å². The summed E-state index contributed by atoms with van der Waals surface area (Å²) in [5, 5.41) is 13.0. The Kier molecular flexibility index (Phi) is 7.87. The van der Waals surface area contributed by atoms with Gasteiger partial charge in [-0.3, -0.25) is 14.3 Å². The zero-order valence-electron chi connectivity index (χ0n) is 17.5. The number of anilines is 2. The number of carbonyl (C=O) groups is 2. The average Bonchev–Trinajstić information content (AvgIpc) is 3.15. The highest BCUT2D eigenvalue weighted by Gasteiger charge is 2.14. The number of benzene rings is 1. The lowest BCUT2D eigenvalue weighted by Crippen LogP contribution is -2.28. The minimum absolute atomic E-state index is 0.118. The van der Waals surface area contributed by atoms with Crippen LogP contribution in [-0.2, 0) is 11.3 Å². The second kappa shape index (κ2) is 11.0. The molecular formula is C21H24ClN7O3. The minimum Gasteiger partial charge on any atom is -0.492 e. The molecule has 5 N–H and O–H groups in total. The predicted octanol–water partition coefficient (Wildman–Crippen LogP) is 1.53. The smallest absolute Gasteiger partial charge is 0.256 e. The van der Waals surface area contributed by atoms with Gasteiger partial charge in [0.2, 0.25) is 5.91 Å². The Hall–Kier alpha value is -3.79. The van der Waals surface area contributed by atoms with E-state index in [0.717, 1.165) is 5.56 Å². The molecule has 0 atom stereocenters. The maximum Gasteiger partial charge on any atom is 0.256 e. The van der Waals surface area contributed by atoms with Crippen molar-refractivity contribution in [2.24, 2.45) is 0 Å². The summed E-state index contributed by atoms with van der Waals surface area (Å²) in [5.41, 5.74) is 7.08. The topological polar surface area (TPSA) is 136 Å². The van der Waals surface area contributed by atoms with Crippen LogP contribution in [0.1, 0.15) is 15.9 Å². The summed E-state index contributed by atoms with van der Waals surface area (Å²) in [6.45, 7) is 1.07. The largest absolute Gasteiger partial charge is 0.492 e. The summed E-state index contributed by atoms with van der Waals surface area (Å²) in [7, 11) is 1.57. The highest BCUT2D eigenvalue weighted by Crippen LogP contribution is 2.17. The number of aromatic nitrogens is 3. The average molecular weight is 458 g/mol. The Morgan fingerprint density at radius 1 is 1.25 bits per heavy atom. The van der Waals surface area contributed by atoms with Crippen molar-refractivity contribution in [3.05, 3.63) is 64.9 Å². The van der Waals surface area contributed by atoms with Gasteiger partial charge in [0.1, 0.15) is 23.7 Å². The number of nitrogens with two attached hydrogens (primary N) is 1. The van der Waals surface area contributed by atoms with Gasteiger partial charge in [-0.1, -0.05) is 17.7 Å². The van der Waals surface area contributed by atoms with E-state index < -0.39 is 0 Å². The molecular weight excluding hydrogens is 434 g/mol. The van der Waals surface area contributed by atoms with E-state index in [-0.39, 0.29) is 36.3 Å². The fourth-order valence-electron chi connectivity index (χ4n) is 2.79. The van der Waals surface area contributed by atoms with Crippen molar-refractivity contribution in [2.45, 2.75) is 6.54 Å². The summed E-state index contributed by atoms with van der Waals surface area (Å²) in [6.07, 6.45) is 3.21. The second-order valence-corrected chi connectivity index (χ2v) is 7.20. The van der Waals surface area contributed by atoms with Crippen LogP contribution in [0.5, 0.6) is 5.75 Å². The first-order chi connectivity index (χ1) is 15.4. The molecule has 1 aromatic carbocycles. The maximum absolute atomic E-state index is 12.4. The van der Waals surface area contributed by atoms with E-state index >= 15 is 0 Å². The molecule has 0 bridgehead atoms. The van der Waals surface area contributed by atoms with Gasteiger partial charge in [-0.05, 0) is 35.9 Å². The van der Waals surface area contributed by atoms with Crippen molar-refractivity contribution >= 4 is 35.1 Å². The zero-order valence-corrected chi connectivity index (χ0v) is 18.2. The molecule has 3 aromatic rings. The van der Waals surface area contributed by atoms with Gasteiger partial charge in [-0.15, -0.1) is 0 Å². The van der Waals surface area contributed by atoms with Gasteiger partial charge in [0, 0.05) is 24.5 Å². The third-order valence-corrected chi connectivity index (χ3v) is 4.60. The molecule has 0 aliphatic heterocycles. The number of amides is 2. The van der Waals surface area contributed by atoms with E-state index in [2.05, 4.69) is 26.0 Å². The standard InChI is InChI=1S/C21H24ClN7O3/c1-24-19(30)11-27-18-9-14(5-6-25-18)12-29-13-17(20(23)28-29)21(31)26-7-8-32-16-4-2-3-15(22)10-16/h2-6,9-10,13H,7-8,11-12H2,1H3,(H2,23,28)(H,24,30)(H,25,27)(H,26,31). The normalized spacial score (nSPS) is 10.4. The minimum atomic E-state index is -0.342.